The van der Waals surface area contributed by atoms with Gasteiger partial charge in [0.15, 0.2) is 0 Å². The van der Waals surface area contributed by atoms with Gasteiger partial charge in [0.05, 0.1) is 24.0 Å². The zero-order valence-electron chi connectivity index (χ0n) is 13.8. The van der Waals surface area contributed by atoms with Crippen molar-refractivity contribution in [2.45, 2.75) is 25.0 Å². The molecule has 6 nitrogen and oxygen atoms in total. The molecular weight excluding hydrogens is 344 g/mol. The lowest BCUT2D eigenvalue weighted by Crippen LogP contribution is -2.53. The lowest BCUT2D eigenvalue weighted by Gasteiger charge is -2.38. The highest BCUT2D eigenvalue weighted by Gasteiger charge is 2.56. The molecule has 2 bridgehead atoms. The number of carboxylic acid groups (broad SMARTS) is 1. The molecule has 0 unspecified atom stereocenters. The van der Waals surface area contributed by atoms with Crippen LogP contribution in [0.5, 0.6) is 0 Å². The molecule has 1 aromatic carbocycles. The van der Waals surface area contributed by atoms with Crippen LogP contribution in [0.1, 0.15) is 12.8 Å². The second-order valence-corrected chi connectivity index (χ2v) is 7.41. The summed E-state index contributed by atoms with van der Waals surface area (Å²) in [6, 6.07) is 7.68. The molecular formula is C18H21ClN2O4. The van der Waals surface area contributed by atoms with Gasteiger partial charge in [-0.15, -0.1) is 0 Å². The summed E-state index contributed by atoms with van der Waals surface area (Å²) in [7, 11) is 0. The summed E-state index contributed by atoms with van der Waals surface area (Å²) >= 11 is 6.05. The van der Waals surface area contributed by atoms with Crippen LogP contribution in [0.3, 0.4) is 0 Å². The van der Waals surface area contributed by atoms with Crippen molar-refractivity contribution in [2.24, 2.45) is 11.8 Å². The third kappa shape index (κ3) is 2.98. The average molecular weight is 365 g/mol. The number of piperazine rings is 1. The smallest absolute Gasteiger partial charge is 0.310 e. The fourth-order valence-corrected chi connectivity index (χ4v) is 4.56. The first-order chi connectivity index (χ1) is 12.0. The van der Waals surface area contributed by atoms with E-state index >= 15 is 0 Å². The summed E-state index contributed by atoms with van der Waals surface area (Å²) in [5, 5.41) is 10.2. The molecule has 0 spiro atoms. The van der Waals surface area contributed by atoms with E-state index in [1.807, 2.05) is 24.3 Å². The molecule has 0 aromatic heterocycles. The van der Waals surface area contributed by atoms with Crippen LogP contribution in [0, 0.1) is 11.8 Å². The zero-order valence-corrected chi connectivity index (χ0v) is 14.6. The van der Waals surface area contributed by atoms with Gasteiger partial charge in [-0.2, -0.15) is 0 Å². The average Bonchev–Trinajstić information content (AvgIpc) is 3.22. The van der Waals surface area contributed by atoms with Crippen LogP contribution in [0.2, 0.25) is 5.02 Å². The van der Waals surface area contributed by atoms with Crippen molar-refractivity contribution in [3.63, 3.8) is 0 Å². The number of ether oxygens (including phenoxy) is 1. The van der Waals surface area contributed by atoms with Crippen molar-refractivity contribution in [1.29, 1.82) is 0 Å². The quantitative estimate of drug-likeness (QED) is 0.886. The van der Waals surface area contributed by atoms with E-state index in [2.05, 4.69) is 4.90 Å². The number of aliphatic carboxylic acids is 1. The van der Waals surface area contributed by atoms with Crippen molar-refractivity contribution < 1.29 is 19.4 Å². The molecule has 4 atom stereocenters. The van der Waals surface area contributed by atoms with Gasteiger partial charge in [0.25, 0.3) is 0 Å². The summed E-state index contributed by atoms with van der Waals surface area (Å²) in [5.41, 5.74) is 1.05. The molecule has 3 heterocycles. The van der Waals surface area contributed by atoms with Gasteiger partial charge in [0.2, 0.25) is 5.91 Å². The van der Waals surface area contributed by atoms with E-state index in [0.29, 0.717) is 31.2 Å². The molecule has 3 aliphatic rings. The van der Waals surface area contributed by atoms with Crippen molar-refractivity contribution >= 4 is 29.2 Å². The Balaban J connectivity index is 1.42. The first kappa shape index (κ1) is 16.7. The third-order valence-corrected chi connectivity index (χ3v) is 5.84. The van der Waals surface area contributed by atoms with Crippen molar-refractivity contribution in [2.75, 3.05) is 31.1 Å². The lowest BCUT2D eigenvalue weighted by atomic mass is 9.78. The normalized spacial score (nSPS) is 31.4. The summed E-state index contributed by atoms with van der Waals surface area (Å²) in [4.78, 5) is 28.5. The number of carbonyl (C=O) groups excluding carboxylic acids is 1. The van der Waals surface area contributed by atoms with Crippen LogP contribution in [-0.2, 0) is 14.3 Å². The number of halogens is 1. The largest absolute Gasteiger partial charge is 0.481 e. The SMILES string of the molecule is O=C(O)[C@@H]1[C@@H](C(=O)N2CCN(c3cccc(Cl)c3)CC2)[C@H]2CC[C@@H]1O2. The first-order valence-corrected chi connectivity index (χ1v) is 9.10. The molecule has 0 saturated carbocycles. The van der Waals surface area contributed by atoms with E-state index in [1.165, 1.54) is 0 Å². The molecule has 134 valence electrons. The summed E-state index contributed by atoms with van der Waals surface area (Å²) in [6.07, 6.45) is 0.996. The zero-order chi connectivity index (χ0) is 17.6. The van der Waals surface area contributed by atoms with Crippen LogP contribution in [0.15, 0.2) is 24.3 Å². The Labute approximate surface area is 151 Å². The van der Waals surface area contributed by atoms with Gasteiger partial charge < -0.3 is 19.6 Å². The molecule has 4 rings (SSSR count). The second-order valence-electron chi connectivity index (χ2n) is 6.97. The number of benzene rings is 1. The summed E-state index contributed by atoms with van der Waals surface area (Å²) in [5.74, 6) is -2.21. The van der Waals surface area contributed by atoms with Gasteiger partial charge in [-0.1, -0.05) is 17.7 Å². The number of fused-ring (bicyclic) bond motifs is 2. The predicted molar refractivity (Wildman–Crippen MR) is 92.8 cm³/mol. The van der Waals surface area contributed by atoms with E-state index in [9.17, 15) is 14.7 Å². The number of carboxylic acids is 1. The van der Waals surface area contributed by atoms with Crippen LogP contribution in [0.4, 0.5) is 5.69 Å². The molecule has 1 aromatic rings. The van der Waals surface area contributed by atoms with E-state index in [-0.39, 0.29) is 18.1 Å². The number of carbonyl (C=O) groups is 2. The monoisotopic (exact) mass is 364 g/mol. The van der Waals surface area contributed by atoms with Gasteiger partial charge in [0, 0.05) is 36.9 Å². The Bertz CT molecular complexity index is 689. The predicted octanol–water partition coefficient (Wildman–Crippen LogP) is 1.87. The van der Waals surface area contributed by atoms with Gasteiger partial charge in [-0.3, -0.25) is 9.59 Å². The fraction of sp³-hybridized carbons (Fsp3) is 0.556. The van der Waals surface area contributed by atoms with Gasteiger partial charge >= 0.3 is 5.97 Å². The van der Waals surface area contributed by atoms with Crippen LogP contribution >= 0.6 is 11.6 Å². The molecule has 0 aliphatic carbocycles. The standard InChI is InChI=1S/C18H21ClN2O4/c19-11-2-1-3-12(10-11)20-6-8-21(9-7-20)17(22)15-13-4-5-14(25-13)16(15)18(23)24/h1-3,10,13-16H,4-9H2,(H,23,24)/t13-,14+,15+,16+/m1/s1. The number of nitrogens with zero attached hydrogens (tertiary/aromatic N) is 2. The van der Waals surface area contributed by atoms with Crippen molar-refractivity contribution in [3.8, 4) is 0 Å². The van der Waals surface area contributed by atoms with E-state index in [1.54, 1.807) is 4.90 Å². The topological polar surface area (TPSA) is 70.1 Å². The van der Waals surface area contributed by atoms with Crippen molar-refractivity contribution in [1.82, 2.24) is 4.90 Å². The minimum Gasteiger partial charge on any atom is -0.481 e. The Morgan fingerprint density at radius 3 is 2.40 bits per heavy atom. The molecule has 1 amide bonds. The van der Waals surface area contributed by atoms with Gasteiger partial charge in [-0.25, -0.2) is 0 Å². The first-order valence-electron chi connectivity index (χ1n) is 8.72. The maximum Gasteiger partial charge on any atom is 0.310 e. The lowest BCUT2D eigenvalue weighted by molar-refractivity contribution is -0.151. The van der Waals surface area contributed by atoms with Crippen LogP contribution in [-0.4, -0.2) is 60.3 Å². The highest BCUT2D eigenvalue weighted by atomic mass is 35.5. The van der Waals surface area contributed by atoms with Gasteiger partial charge in [-0.05, 0) is 31.0 Å². The van der Waals surface area contributed by atoms with Gasteiger partial charge in [0.1, 0.15) is 0 Å². The maximum absolute atomic E-state index is 12.9. The fourth-order valence-electron chi connectivity index (χ4n) is 4.37. The van der Waals surface area contributed by atoms with Crippen molar-refractivity contribution in [3.05, 3.63) is 29.3 Å². The second kappa shape index (κ2) is 6.50. The van der Waals surface area contributed by atoms with E-state index in [0.717, 1.165) is 18.5 Å². The number of rotatable bonds is 3. The van der Waals surface area contributed by atoms with E-state index in [4.69, 9.17) is 16.3 Å². The Kier molecular flexibility index (Phi) is 4.33. The number of anilines is 1. The Morgan fingerprint density at radius 2 is 1.76 bits per heavy atom. The number of hydrogen-bond acceptors (Lipinski definition) is 4. The number of amides is 1. The molecule has 7 heteroatoms. The molecule has 3 aliphatic heterocycles. The van der Waals surface area contributed by atoms with Crippen LogP contribution in [0.25, 0.3) is 0 Å². The molecule has 0 radical (unpaired) electrons. The Morgan fingerprint density at radius 1 is 1.08 bits per heavy atom. The highest BCUT2D eigenvalue weighted by Crippen LogP contribution is 2.44. The minimum atomic E-state index is -0.914. The minimum absolute atomic E-state index is 0.0645. The molecule has 1 N–H and O–H groups in total. The molecule has 25 heavy (non-hydrogen) atoms. The number of hydrogen-bond donors (Lipinski definition) is 1. The van der Waals surface area contributed by atoms with E-state index < -0.39 is 17.8 Å². The summed E-state index contributed by atoms with van der Waals surface area (Å²) < 4.78 is 5.72. The highest BCUT2D eigenvalue weighted by molar-refractivity contribution is 6.30. The third-order valence-electron chi connectivity index (χ3n) is 5.61. The summed E-state index contributed by atoms with van der Waals surface area (Å²) in [6.45, 7) is 2.61. The maximum atomic E-state index is 12.9. The Hall–Kier alpha value is -1.79. The van der Waals surface area contributed by atoms with Crippen LogP contribution < -0.4 is 4.90 Å². The molecule has 3 fully saturated rings. The molecule has 3 saturated heterocycles.